The Labute approximate surface area is 218 Å². The zero-order valence-corrected chi connectivity index (χ0v) is 21.5. The van der Waals surface area contributed by atoms with Gasteiger partial charge in [-0.2, -0.15) is 0 Å². The van der Waals surface area contributed by atoms with E-state index < -0.39 is 12.0 Å². The minimum atomic E-state index is -0.801. The molecule has 7 nitrogen and oxygen atoms in total. The van der Waals surface area contributed by atoms with Crippen LogP contribution in [0, 0.1) is 0 Å². The maximum absolute atomic E-state index is 12.1. The molecule has 3 aromatic carbocycles. The van der Waals surface area contributed by atoms with Gasteiger partial charge in [-0.25, -0.2) is 0 Å². The Bertz CT molecular complexity index is 1190. The van der Waals surface area contributed by atoms with Crippen LogP contribution in [0.5, 0.6) is 17.2 Å². The molecule has 37 heavy (non-hydrogen) atoms. The van der Waals surface area contributed by atoms with E-state index in [-0.39, 0.29) is 11.0 Å². The molecule has 4 N–H and O–H groups in total. The fourth-order valence-electron chi connectivity index (χ4n) is 5.16. The van der Waals surface area contributed by atoms with Crippen LogP contribution in [0.15, 0.2) is 66.7 Å². The summed E-state index contributed by atoms with van der Waals surface area (Å²) in [5.74, 6) is 1.24. The van der Waals surface area contributed by atoms with Crippen LogP contribution < -0.4 is 25.3 Å². The number of rotatable bonds is 12. The first-order valence-electron chi connectivity index (χ1n) is 12.7. The fourth-order valence-corrected chi connectivity index (χ4v) is 5.16. The lowest BCUT2D eigenvalue weighted by Gasteiger charge is -2.31. The second-order valence-corrected chi connectivity index (χ2v) is 9.60. The molecule has 0 aromatic heterocycles. The lowest BCUT2D eigenvalue weighted by atomic mass is 9.78. The lowest BCUT2D eigenvalue weighted by Crippen LogP contribution is -2.37. The monoisotopic (exact) mass is 504 g/mol. The third-order valence-electron chi connectivity index (χ3n) is 7.25. The summed E-state index contributed by atoms with van der Waals surface area (Å²) in [5.41, 5.74) is 8.65. The van der Waals surface area contributed by atoms with E-state index in [1.54, 1.807) is 32.4 Å². The Morgan fingerprint density at radius 1 is 0.973 bits per heavy atom. The molecule has 1 aliphatic rings. The summed E-state index contributed by atoms with van der Waals surface area (Å²) in [6.07, 6.45) is 3.64. The number of nitrogens with two attached hydrogens (primary N) is 1. The Balaban J connectivity index is 1.42. The van der Waals surface area contributed by atoms with Crippen LogP contribution in [0.1, 0.15) is 58.8 Å². The average Bonchev–Trinajstić information content (AvgIpc) is 3.41. The zero-order chi connectivity index (χ0) is 26.3. The Hall–Kier alpha value is -3.55. The highest BCUT2D eigenvalue weighted by atomic mass is 16.5. The molecule has 0 unspecified atom stereocenters. The number of methoxy groups -OCH3 is 2. The number of hydrogen-bond donors (Lipinski definition) is 3. The predicted octanol–water partition coefficient (Wildman–Crippen LogP) is 4.52. The van der Waals surface area contributed by atoms with Gasteiger partial charge in [-0.3, -0.25) is 4.79 Å². The second kappa shape index (κ2) is 12.1. The molecule has 1 atom stereocenters. The van der Waals surface area contributed by atoms with Crippen molar-refractivity contribution in [1.82, 2.24) is 5.32 Å². The van der Waals surface area contributed by atoms with Crippen molar-refractivity contribution in [2.75, 3.05) is 27.3 Å². The number of primary amides is 1. The first-order chi connectivity index (χ1) is 18.0. The third kappa shape index (κ3) is 6.24. The van der Waals surface area contributed by atoms with Gasteiger partial charge in [0.15, 0.2) is 11.5 Å². The maximum Gasteiger partial charge on any atom is 0.252 e. The summed E-state index contributed by atoms with van der Waals surface area (Å²) in [5, 5.41) is 14.4. The number of benzene rings is 3. The van der Waals surface area contributed by atoms with Crippen molar-refractivity contribution in [2.24, 2.45) is 5.73 Å². The Morgan fingerprint density at radius 3 is 2.35 bits per heavy atom. The minimum Gasteiger partial charge on any atom is -0.493 e. The molecular weight excluding hydrogens is 468 g/mol. The molecule has 1 aliphatic carbocycles. The van der Waals surface area contributed by atoms with Crippen LogP contribution in [0.2, 0.25) is 0 Å². The second-order valence-electron chi connectivity index (χ2n) is 9.60. The van der Waals surface area contributed by atoms with E-state index >= 15 is 0 Å². The van der Waals surface area contributed by atoms with Crippen LogP contribution >= 0.6 is 0 Å². The standard InChI is InChI=1S/C30H36N2O5/c1-35-27-13-11-23(17-28(27)36-2)30(14-6-7-15-30)20-32-18-25(33)22-10-12-26(24(16-22)29(31)34)37-19-21-8-4-3-5-9-21/h3-5,8-13,16-17,25,32-33H,6-7,14-15,18-20H2,1-2H3,(H2,31,34)/t25-/m1/s1. The van der Waals surface area contributed by atoms with Crippen LogP contribution in [0.25, 0.3) is 0 Å². The molecular formula is C30H36N2O5. The summed E-state index contributed by atoms with van der Waals surface area (Å²) in [6, 6.07) is 20.9. The number of ether oxygens (including phenoxy) is 3. The summed E-state index contributed by atoms with van der Waals surface area (Å²) >= 11 is 0. The summed E-state index contributed by atoms with van der Waals surface area (Å²) in [4.78, 5) is 12.1. The van der Waals surface area contributed by atoms with Gasteiger partial charge in [0.25, 0.3) is 5.91 Å². The highest BCUT2D eigenvalue weighted by Gasteiger charge is 2.36. The van der Waals surface area contributed by atoms with Gasteiger partial charge in [0.2, 0.25) is 0 Å². The van der Waals surface area contributed by atoms with Crippen LogP contribution in [-0.4, -0.2) is 38.3 Å². The summed E-state index contributed by atoms with van der Waals surface area (Å²) in [7, 11) is 3.29. The van der Waals surface area contributed by atoms with Crippen LogP contribution in [0.3, 0.4) is 0 Å². The van der Waals surface area contributed by atoms with E-state index in [1.807, 2.05) is 36.4 Å². The van der Waals surface area contributed by atoms with E-state index in [1.165, 1.54) is 5.56 Å². The van der Waals surface area contributed by atoms with Gasteiger partial charge in [0.1, 0.15) is 12.4 Å². The third-order valence-corrected chi connectivity index (χ3v) is 7.25. The molecule has 0 spiro atoms. The zero-order valence-electron chi connectivity index (χ0n) is 21.5. The number of nitrogens with one attached hydrogen (secondary N) is 1. The molecule has 1 fully saturated rings. The van der Waals surface area contributed by atoms with Gasteiger partial charge in [0.05, 0.1) is 25.9 Å². The predicted molar refractivity (Wildman–Crippen MR) is 143 cm³/mol. The van der Waals surface area contributed by atoms with Crippen molar-refractivity contribution >= 4 is 5.91 Å². The topological polar surface area (TPSA) is 103 Å². The smallest absolute Gasteiger partial charge is 0.252 e. The molecule has 1 amide bonds. The molecule has 0 saturated heterocycles. The number of carbonyl (C=O) groups excluding carboxylic acids is 1. The van der Waals surface area contributed by atoms with Gasteiger partial charge < -0.3 is 30.4 Å². The molecule has 196 valence electrons. The van der Waals surface area contributed by atoms with Gasteiger partial charge in [0, 0.05) is 18.5 Å². The van der Waals surface area contributed by atoms with Crippen molar-refractivity contribution in [3.8, 4) is 17.2 Å². The van der Waals surface area contributed by atoms with Gasteiger partial charge in [-0.15, -0.1) is 0 Å². The van der Waals surface area contributed by atoms with Crippen molar-refractivity contribution in [2.45, 2.75) is 43.8 Å². The van der Waals surface area contributed by atoms with E-state index in [9.17, 15) is 9.90 Å². The fraction of sp³-hybridized carbons (Fsp3) is 0.367. The van der Waals surface area contributed by atoms with E-state index in [4.69, 9.17) is 19.9 Å². The normalized spacial score (nSPS) is 15.2. The Kier molecular flexibility index (Phi) is 8.69. The molecule has 0 aliphatic heterocycles. The number of carbonyl (C=O) groups is 1. The highest BCUT2D eigenvalue weighted by molar-refractivity contribution is 5.95. The van der Waals surface area contributed by atoms with Crippen LogP contribution in [0.4, 0.5) is 0 Å². The van der Waals surface area contributed by atoms with Crippen molar-refractivity contribution in [3.63, 3.8) is 0 Å². The minimum absolute atomic E-state index is 0.0349. The van der Waals surface area contributed by atoms with Gasteiger partial charge >= 0.3 is 0 Å². The largest absolute Gasteiger partial charge is 0.493 e. The molecule has 0 bridgehead atoms. The number of amides is 1. The van der Waals surface area contributed by atoms with E-state index in [2.05, 4.69) is 17.4 Å². The first-order valence-corrected chi connectivity index (χ1v) is 12.7. The molecule has 0 radical (unpaired) electrons. The number of hydrogen-bond acceptors (Lipinski definition) is 6. The van der Waals surface area contributed by atoms with Crippen LogP contribution in [-0.2, 0) is 12.0 Å². The summed E-state index contributed by atoms with van der Waals surface area (Å²) < 4.78 is 16.8. The van der Waals surface area contributed by atoms with Crippen molar-refractivity contribution < 1.29 is 24.1 Å². The first kappa shape index (κ1) is 26.5. The SMILES string of the molecule is COc1ccc(C2(CNC[C@@H](O)c3ccc(OCc4ccccc4)c(C(N)=O)c3)CCCC2)cc1OC. The average molecular weight is 505 g/mol. The summed E-state index contributed by atoms with van der Waals surface area (Å²) in [6.45, 7) is 1.39. The Morgan fingerprint density at radius 2 is 1.68 bits per heavy atom. The van der Waals surface area contributed by atoms with Crippen molar-refractivity contribution in [1.29, 1.82) is 0 Å². The molecule has 7 heteroatoms. The number of aliphatic hydroxyl groups is 1. The van der Waals surface area contributed by atoms with Crippen molar-refractivity contribution in [3.05, 3.63) is 89.0 Å². The molecule has 4 rings (SSSR count). The lowest BCUT2D eigenvalue weighted by molar-refractivity contribution is 0.0995. The molecule has 0 heterocycles. The quantitative estimate of drug-likeness (QED) is 0.335. The number of aliphatic hydroxyl groups excluding tert-OH is 1. The van der Waals surface area contributed by atoms with E-state index in [0.717, 1.165) is 43.5 Å². The van der Waals surface area contributed by atoms with Gasteiger partial charge in [-0.1, -0.05) is 55.3 Å². The molecule has 1 saturated carbocycles. The highest BCUT2D eigenvalue weighted by Crippen LogP contribution is 2.43. The maximum atomic E-state index is 12.1. The van der Waals surface area contributed by atoms with E-state index in [0.29, 0.717) is 30.2 Å². The molecule has 3 aromatic rings. The van der Waals surface area contributed by atoms with Gasteiger partial charge in [-0.05, 0) is 53.8 Å².